The molecule has 3 rings (SSSR count). The second-order valence-electron chi connectivity index (χ2n) is 7.00. The Balaban J connectivity index is 1.59. The van der Waals surface area contributed by atoms with Crippen LogP contribution < -0.4 is 4.74 Å². The zero-order valence-electron chi connectivity index (χ0n) is 16.5. The van der Waals surface area contributed by atoms with Gasteiger partial charge in [-0.1, -0.05) is 24.3 Å². The third-order valence-corrected chi connectivity index (χ3v) is 4.93. The molecule has 0 N–H and O–H groups in total. The number of piperazine rings is 1. The Labute approximate surface area is 179 Å². The van der Waals surface area contributed by atoms with E-state index >= 15 is 0 Å². The monoisotopic (exact) mass is 460 g/mol. The molecule has 0 radical (unpaired) electrons. The van der Waals surface area contributed by atoms with Crippen molar-refractivity contribution in [1.82, 2.24) is 9.80 Å². The molecule has 0 saturated carbocycles. The van der Waals surface area contributed by atoms with Gasteiger partial charge in [-0.15, -0.1) is 0 Å². The van der Waals surface area contributed by atoms with E-state index in [1.807, 2.05) is 0 Å². The van der Waals surface area contributed by atoms with Crippen LogP contribution in [0.25, 0.3) is 0 Å². The molecule has 0 bridgehead atoms. The van der Waals surface area contributed by atoms with Crippen LogP contribution in [-0.4, -0.2) is 54.4 Å². The first-order valence-electron chi connectivity index (χ1n) is 9.51. The fourth-order valence-electron chi connectivity index (χ4n) is 3.30. The number of halogens is 6. The van der Waals surface area contributed by atoms with Gasteiger partial charge in [0, 0.05) is 26.2 Å². The second kappa shape index (κ2) is 9.09. The summed E-state index contributed by atoms with van der Waals surface area (Å²) in [6.07, 6.45) is -9.33. The van der Waals surface area contributed by atoms with Crippen molar-refractivity contribution in [3.05, 3.63) is 65.2 Å². The summed E-state index contributed by atoms with van der Waals surface area (Å²) in [6.45, 7) is -0.643. The van der Waals surface area contributed by atoms with Crippen molar-refractivity contribution in [1.29, 1.82) is 0 Å². The Bertz CT molecular complexity index is 982. The van der Waals surface area contributed by atoms with E-state index in [4.69, 9.17) is 4.74 Å². The smallest absolute Gasteiger partial charge is 0.419 e. The second-order valence-corrected chi connectivity index (χ2v) is 7.00. The highest BCUT2D eigenvalue weighted by Gasteiger charge is 2.37. The lowest BCUT2D eigenvalue weighted by molar-refractivity contribution is -0.141. The summed E-state index contributed by atoms with van der Waals surface area (Å²) < 4.78 is 83.6. The molecule has 0 aliphatic carbocycles. The minimum atomic E-state index is -4.69. The van der Waals surface area contributed by atoms with E-state index in [2.05, 4.69) is 0 Å². The van der Waals surface area contributed by atoms with Crippen molar-refractivity contribution in [3.8, 4) is 5.75 Å². The van der Waals surface area contributed by atoms with Crippen LogP contribution in [0.5, 0.6) is 5.75 Å². The van der Waals surface area contributed by atoms with Gasteiger partial charge in [0.25, 0.3) is 11.8 Å². The molecule has 2 amide bonds. The predicted molar refractivity (Wildman–Crippen MR) is 101 cm³/mol. The lowest BCUT2D eigenvalue weighted by Crippen LogP contribution is -2.51. The van der Waals surface area contributed by atoms with Crippen molar-refractivity contribution in [3.63, 3.8) is 0 Å². The van der Waals surface area contributed by atoms with E-state index in [-0.39, 0.29) is 26.2 Å². The fourth-order valence-corrected chi connectivity index (χ4v) is 3.30. The van der Waals surface area contributed by atoms with Crippen LogP contribution in [0.2, 0.25) is 0 Å². The van der Waals surface area contributed by atoms with Crippen LogP contribution in [0.1, 0.15) is 21.5 Å². The van der Waals surface area contributed by atoms with Crippen molar-refractivity contribution in [2.75, 3.05) is 32.8 Å². The lowest BCUT2D eigenvalue weighted by Gasteiger charge is -2.35. The summed E-state index contributed by atoms with van der Waals surface area (Å²) in [5.41, 5.74) is -2.53. The zero-order chi connectivity index (χ0) is 23.5. The maximum Gasteiger partial charge on any atom is 0.419 e. The Morgan fingerprint density at radius 2 is 1.25 bits per heavy atom. The molecule has 1 fully saturated rings. The van der Waals surface area contributed by atoms with E-state index in [1.54, 1.807) is 0 Å². The highest BCUT2D eigenvalue weighted by atomic mass is 19.4. The molecule has 5 nitrogen and oxygen atoms in total. The average molecular weight is 460 g/mol. The van der Waals surface area contributed by atoms with Crippen molar-refractivity contribution in [2.45, 2.75) is 12.4 Å². The highest BCUT2D eigenvalue weighted by Crippen LogP contribution is 2.36. The van der Waals surface area contributed by atoms with Crippen molar-refractivity contribution >= 4 is 11.8 Å². The standard InChI is InChI=1S/C21H18F6N2O3/c22-20(23,24)15-6-2-1-5-14(15)19(31)29-11-9-28(10-12-29)18(30)13-32-17-8-4-3-7-16(17)21(25,26)27/h1-8H,9-13H2. The number of alkyl halides is 6. The molecule has 0 unspecified atom stereocenters. The van der Waals surface area contributed by atoms with E-state index in [1.165, 1.54) is 34.1 Å². The van der Waals surface area contributed by atoms with E-state index in [0.717, 1.165) is 24.3 Å². The summed E-state index contributed by atoms with van der Waals surface area (Å²) in [6, 6.07) is 8.92. The minimum Gasteiger partial charge on any atom is -0.483 e. The molecule has 1 aliphatic heterocycles. The number of nitrogens with zero attached hydrogens (tertiary/aromatic N) is 2. The maximum absolute atomic E-state index is 13.2. The van der Waals surface area contributed by atoms with Gasteiger partial charge in [0.15, 0.2) is 6.61 Å². The fraction of sp³-hybridized carbons (Fsp3) is 0.333. The van der Waals surface area contributed by atoms with Crippen LogP contribution >= 0.6 is 0 Å². The van der Waals surface area contributed by atoms with E-state index < -0.39 is 53.2 Å². The molecule has 11 heteroatoms. The Morgan fingerprint density at radius 3 is 1.84 bits per heavy atom. The third-order valence-electron chi connectivity index (χ3n) is 4.93. The van der Waals surface area contributed by atoms with Gasteiger partial charge in [0.1, 0.15) is 5.75 Å². The van der Waals surface area contributed by atoms with Crippen LogP contribution in [-0.2, 0) is 17.1 Å². The summed E-state index contributed by atoms with van der Waals surface area (Å²) in [4.78, 5) is 27.4. The number of amides is 2. The molecule has 1 aliphatic rings. The maximum atomic E-state index is 13.2. The first kappa shape index (κ1) is 23.4. The first-order chi connectivity index (χ1) is 15.0. The summed E-state index contributed by atoms with van der Waals surface area (Å²) in [5, 5.41) is 0. The number of ether oxygens (including phenoxy) is 1. The quantitative estimate of drug-likeness (QED) is 0.646. The molecule has 1 heterocycles. The van der Waals surface area contributed by atoms with E-state index in [9.17, 15) is 35.9 Å². The molecular formula is C21H18F6N2O3. The Morgan fingerprint density at radius 1 is 0.750 bits per heavy atom. The minimum absolute atomic E-state index is 0.0169. The topological polar surface area (TPSA) is 49.9 Å². The molecule has 172 valence electrons. The summed E-state index contributed by atoms with van der Waals surface area (Å²) >= 11 is 0. The van der Waals surface area contributed by atoms with E-state index in [0.29, 0.717) is 0 Å². The molecule has 0 spiro atoms. The number of carbonyl (C=O) groups is 2. The molecule has 2 aromatic rings. The highest BCUT2D eigenvalue weighted by molar-refractivity contribution is 5.96. The van der Waals surface area contributed by atoms with Crippen LogP contribution in [0.4, 0.5) is 26.3 Å². The Kier molecular flexibility index (Phi) is 6.65. The van der Waals surface area contributed by atoms with Gasteiger partial charge < -0.3 is 14.5 Å². The zero-order valence-corrected chi connectivity index (χ0v) is 16.5. The summed E-state index contributed by atoms with van der Waals surface area (Å²) in [7, 11) is 0. The number of para-hydroxylation sites is 1. The molecule has 0 aromatic heterocycles. The lowest BCUT2D eigenvalue weighted by atomic mass is 10.1. The number of rotatable bonds is 4. The van der Waals surface area contributed by atoms with Crippen LogP contribution in [0, 0.1) is 0 Å². The number of carbonyl (C=O) groups excluding carboxylic acids is 2. The van der Waals surface area contributed by atoms with Crippen LogP contribution in [0.15, 0.2) is 48.5 Å². The third kappa shape index (κ3) is 5.32. The summed E-state index contributed by atoms with van der Waals surface area (Å²) in [5.74, 6) is -1.88. The molecular weight excluding hydrogens is 442 g/mol. The molecule has 0 atom stereocenters. The van der Waals surface area contributed by atoms with Gasteiger partial charge in [-0.25, -0.2) is 0 Å². The SMILES string of the molecule is O=C(COc1ccccc1C(F)(F)F)N1CCN(C(=O)c2ccccc2C(F)(F)F)CC1. The van der Waals surface area contributed by atoms with Gasteiger partial charge in [-0.2, -0.15) is 26.3 Å². The predicted octanol–water partition coefficient (Wildman–Crippen LogP) is 4.09. The average Bonchev–Trinajstić information content (AvgIpc) is 2.76. The molecule has 1 saturated heterocycles. The number of hydrogen-bond donors (Lipinski definition) is 0. The van der Waals surface area contributed by atoms with Gasteiger partial charge in [-0.3, -0.25) is 9.59 Å². The van der Waals surface area contributed by atoms with Gasteiger partial charge in [-0.05, 0) is 24.3 Å². The van der Waals surface area contributed by atoms with Gasteiger partial charge in [0.2, 0.25) is 0 Å². The normalized spacial score (nSPS) is 14.9. The number of benzene rings is 2. The van der Waals surface area contributed by atoms with Gasteiger partial charge >= 0.3 is 12.4 Å². The Hall–Kier alpha value is -3.24. The van der Waals surface area contributed by atoms with Crippen molar-refractivity contribution in [2.24, 2.45) is 0 Å². The molecule has 2 aromatic carbocycles. The first-order valence-corrected chi connectivity index (χ1v) is 9.51. The van der Waals surface area contributed by atoms with Gasteiger partial charge in [0.05, 0.1) is 16.7 Å². The van der Waals surface area contributed by atoms with Crippen LogP contribution in [0.3, 0.4) is 0 Å². The van der Waals surface area contributed by atoms with Crippen molar-refractivity contribution < 1.29 is 40.7 Å². The number of hydrogen-bond acceptors (Lipinski definition) is 3. The molecule has 32 heavy (non-hydrogen) atoms. The largest absolute Gasteiger partial charge is 0.483 e.